The van der Waals surface area contributed by atoms with E-state index in [1.807, 2.05) is 66.7 Å². The number of benzene rings is 2. The molecule has 5 heteroatoms. The fourth-order valence-corrected chi connectivity index (χ4v) is 2.85. The average Bonchev–Trinajstić information content (AvgIpc) is 2.62. The van der Waals surface area contributed by atoms with Gasteiger partial charge in [-0.25, -0.2) is 4.79 Å². The largest absolute Gasteiger partial charge is 0.465 e. The number of carbonyl (C=O) groups excluding carboxylic acids is 2. The van der Waals surface area contributed by atoms with Gasteiger partial charge < -0.3 is 4.74 Å². The van der Waals surface area contributed by atoms with Crippen molar-refractivity contribution < 1.29 is 14.3 Å². The summed E-state index contributed by atoms with van der Waals surface area (Å²) in [7, 11) is 0. The summed E-state index contributed by atoms with van der Waals surface area (Å²) in [5.74, 6) is 0.171. The van der Waals surface area contributed by atoms with Gasteiger partial charge in [-0.05, 0) is 17.2 Å². The third kappa shape index (κ3) is 2.46. The van der Waals surface area contributed by atoms with Gasteiger partial charge in [0.25, 0.3) is 5.91 Å². The lowest BCUT2D eigenvalue weighted by molar-refractivity contribution is -0.118. The minimum atomic E-state index is -0.804. The number of allylic oxidation sites excluding steroid dienone is 2. The molecule has 1 saturated heterocycles. The fourth-order valence-electron chi connectivity index (χ4n) is 2.85. The zero-order valence-corrected chi connectivity index (χ0v) is 12.7. The molecule has 1 unspecified atom stereocenters. The molecular weight excluding hydrogens is 304 g/mol. The Hall–Kier alpha value is -3.34. The highest BCUT2D eigenvalue weighted by atomic mass is 16.5. The molecule has 4 rings (SSSR count). The van der Waals surface area contributed by atoms with Crippen LogP contribution in [0, 0.1) is 0 Å². The number of rotatable bonds is 2. The van der Waals surface area contributed by atoms with Gasteiger partial charge in [0.15, 0.2) is 0 Å². The Morgan fingerprint density at radius 1 is 0.833 bits per heavy atom. The first kappa shape index (κ1) is 14.3. The van der Waals surface area contributed by atoms with Gasteiger partial charge in [-0.3, -0.25) is 15.4 Å². The van der Waals surface area contributed by atoms with Crippen molar-refractivity contribution in [3.63, 3.8) is 0 Å². The SMILES string of the molecule is O=C1NC(=O)C2=C(c3ccccc3)C=C(c3ccccc3)OC2N1. The minimum absolute atomic E-state index is 0.403. The summed E-state index contributed by atoms with van der Waals surface area (Å²) >= 11 is 0. The number of nitrogens with one attached hydrogen (secondary N) is 2. The van der Waals surface area contributed by atoms with E-state index in [4.69, 9.17) is 4.74 Å². The summed E-state index contributed by atoms with van der Waals surface area (Å²) in [6.07, 6.45) is 1.04. The smallest absolute Gasteiger partial charge is 0.324 e. The van der Waals surface area contributed by atoms with Crippen molar-refractivity contribution in [3.05, 3.63) is 83.4 Å². The first-order valence-electron chi connectivity index (χ1n) is 7.57. The van der Waals surface area contributed by atoms with Crippen LogP contribution in [0.4, 0.5) is 4.79 Å². The third-order valence-corrected chi connectivity index (χ3v) is 3.95. The molecule has 2 aromatic carbocycles. The van der Waals surface area contributed by atoms with Crippen LogP contribution in [0.3, 0.4) is 0 Å². The van der Waals surface area contributed by atoms with Crippen molar-refractivity contribution >= 4 is 23.3 Å². The van der Waals surface area contributed by atoms with E-state index < -0.39 is 18.2 Å². The number of amides is 3. The van der Waals surface area contributed by atoms with Crippen LogP contribution < -0.4 is 10.6 Å². The molecule has 1 fully saturated rings. The third-order valence-electron chi connectivity index (χ3n) is 3.95. The highest BCUT2D eigenvalue weighted by Crippen LogP contribution is 2.34. The van der Waals surface area contributed by atoms with E-state index in [0.29, 0.717) is 11.3 Å². The summed E-state index contributed by atoms with van der Waals surface area (Å²) in [4.78, 5) is 24.0. The van der Waals surface area contributed by atoms with Crippen LogP contribution >= 0.6 is 0 Å². The van der Waals surface area contributed by atoms with E-state index in [9.17, 15) is 9.59 Å². The van der Waals surface area contributed by atoms with Crippen LogP contribution in [0.25, 0.3) is 11.3 Å². The summed E-state index contributed by atoms with van der Waals surface area (Å²) < 4.78 is 5.88. The van der Waals surface area contributed by atoms with Crippen molar-refractivity contribution in [2.45, 2.75) is 6.23 Å². The van der Waals surface area contributed by atoms with Gasteiger partial charge in [-0.15, -0.1) is 0 Å². The van der Waals surface area contributed by atoms with Crippen LogP contribution in [0.5, 0.6) is 0 Å². The zero-order chi connectivity index (χ0) is 16.5. The maximum Gasteiger partial charge on any atom is 0.324 e. The highest BCUT2D eigenvalue weighted by molar-refractivity contribution is 6.14. The predicted molar refractivity (Wildman–Crippen MR) is 89.3 cm³/mol. The second kappa shape index (κ2) is 5.70. The Balaban J connectivity index is 1.89. The summed E-state index contributed by atoms with van der Waals surface area (Å²) in [6, 6.07) is 18.6. The van der Waals surface area contributed by atoms with Crippen molar-refractivity contribution in [3.8, 4) is 0 Å². The lowest BCUT2D eigenvalue weighted by Crippen LogP contribution is -2.55. The lowest BCUT2D eigenvalue weighted by atomic mass is 9.93. The van der Waals surface area contributed by atoms with Crippen molar-refractivity contribution in [2.75, 3.05) is 0 Å². The van der Waals surface area contributed by atoms with Gasteiger partial charge in [0.2, 0.25) is 6.23 Å². The van der Waals surface area contributed by atoms with Crippen LogP contribution in [0.1, 0.15) is 11.1 Å². The van der Waals surface area contributed by atoms with Gasteiger partial charge in [-0.2, -0.15) is 0 Å². The maximum absolute atomic E-state index is 12.3. The molecule has 118 valence electrons. The van der Waals surface area contributed by atoms with Crippen molar-refractivity contribution in [2.24, 2.45) is 0 Å². The summed E-state index contributed by atoms with van der Waals surface area (Å²) in [6.45, 7) is 0. The summed E-state index contributed by atoms with van der Waals surface area (Å²) in [5, 5.41) is 4.93. The molecule has 2 N–H and O–H groups in total. The Bertz CT molecular complexity index is 870. The van der Waals surface area contributed by atoms with E-state index in [-0.39, 0.29) is 0 Å². The monoisotopic (exact) mass is 318 g/mol. The molecule has 0 radical (unpaired) electrons. The number of hydrogen-bond donors (Lipinski definition) is 2. The minimum Gasteiger partial charge on any atom is -0.465 e. The molecule has 3 amide bonds. The number of imide groups is 1. The number of ether oxygens (including phenoxy) is 1. The van der Waals surface area contributed by atoms with Crippen molar-refractivity contribution in [1.29, 1.82) is 0 Å². The van der Waals surface area contributed by atoms with Crippen LogP contribution in [0.15, 0.2) is 72.3 Å². The molecule has 0 aromatic heterocycles. The van der Waals surface area contributed by atoms with Gasteiger partial charge in [0.05, 0.1) is 5.57 Å². The molecule has 0 aliphatic carbocycles. The van der Waals surface area contributed by atoms with Gasteiger partial charge in [0.1, 0.15) is 5.76 Å². The normalized spacial score (nSPS) is 19.7. The van der Waals surface area contributed by atoms with E-state index in [1.165, 1.54) is 0 Å². The van der Waals surface area contributed by atoms with E-state index >= 15 is 0 Å². The highest BCUT2D eigenvalue weighted by Gasteiger charge is 2.37. The van der Waals surface area contributed by atoms with Crippen LogP contribution in [-0.4, -0.2) is 18.2 Å². The van der Waals surface area contributed by atoms with Gasteiger partial charge in [0, 0.05) is 5.56 Å². The van der Waals surface area contributed by atoms with Crippen LogP contribution in [-0.2, 0) is 9.53 Å². The average molecular weight is 318 g/mol. The van der Waals surface area contributed by atoms with E-state index in [0.717, 1.165) is 16.7 Å². The molecule has 5 nitrogen and oxygen atoms in total. The molecule has 24 heavy (non-hydrogen) atoms. The fraction of sp³-hybridized carbons (Fsp3) is 0.0526. The summed E-state index contributed by atoms with van der Waals surface area (Å²) in [5.41, 5.74) is 2.91. The second-order valence-corrected chi connectivity index (χ2v) is 5.49. The zero-order valence-electron chi connectivity index (χ0n) is 12.7. The van der Waals surface area contributed by atoms with E-state index in [1.54, 1.807) is 0 Å². The Morgan fingerprint density at radius 3 is 2.12 bits per heavy atom. The predicted octanol–water partition coefficient (Wildman–Crippen LogP) is 2.68. The number of fused-ring (bicyclic) bond motifs is 1. The quantitative estimate of drug-likeness (QED) is 0.894. The maximum atomic E-state index is 12.3. The van der Waals surface area contributed by atoms with Crippen molar-refractivity contribution in [1.82, 2.24) is 10.6 Å². The number of carbonyl (C=O) groups is 2. The molecule has 0 bridgehead atoms. The lowest BCUT2D eigenvalue weighted by Gasteiger charge is -2.32. The molecule has 2 aliphatic rings. The first-order valence-corrected chi connectivity index (χ1v) is 7.57. The standard InChI is InChI=1S/C19H14N2O3/c22-17-16-14(12-7-3-1-4-8-12)11-15(13-9-5-2-6-10-13)24-18(16)21-19(23)20-17/h1-11,18H,(H2,20,21,22,23). The number of urea groups is 1. The van der Waals surface area contributed by atoms with Crippen LogP contribution in [0.2, 0.25) is 0 Å². The van der Waals surface area contributed by atoms with E-state index in [2.05, 4.69) is 10.6 Å². The Labute approximate surface area is 138 Å². The first-order chi connectivity index (χ1) is 11.7. The Kier molecular flexibility index (Phi) is 3.39. The number of hydrogen-bond acceptors (Lipinski definition) is 3. The molecular formula is C19H14N2O3. The Morgan fingerprint density at radius 2 is 1.46 bits per heavy atom. The molecule has 1 atom stereocenters. The van der Waals surface area contributed by atoms with Gasteiger partial charge in [-0.1, -0.05) is 60.7 Å². The molecule has 0 saturated carbocycles. The molecule has 0 spiro atoms. The molecule has 2 heterocycles. The molecule has 2 aliphatic heterocycles. The van der Waals surface area contributed by atoms with Gasteiger partial charge >= 0.3 is 6.03 Å². The topological polar surface area (TPSA) is 67.4 Å². The second-order valence-electron chi connectivity index (χ2n) is 5.49. The molecule has 2 aromatic rings.